The molecule has 1 nitrogen and oxygen atoms in total. The van der Waals surface area contributed by atoms with Crippen molar-refractivity contribution in [3.63, 3.8) is 0 Å². The van der Waals surface area contributed by atoms with Crippen LogP contribution in [0.5, 0.6) is 0 Å². The van der Waals surface area contributed by atoms with E-state index in [0.29, 0.717) is 0 Å². The van der Waals surface area contributed by atoms with Crippen LogP contribution in [0.25, 0.3) is 99.3 Å². The summed E-state index contributed by atoms with van der Waals surface area (Å²) in [7, 11) is 0. The van der Waals surface area contributed by atoms with Crippen molar-refractivity contribution in [1.29, 1.82) is 0 Å². The zero-order chi connectivity index (χ0) is 35.8. The van der Waals surface area contributed by atoms with Crippen molar-refractivity contribution in [2.24, 2.45) is 0 Å². The first-order chi connectivity index (χ1) is 26.8. The van der Waals surface area contributed by atoms with Gasteiger partial charge in [-0.25, -0.2) is 4.98 Å². The molecule has 0 aliphatic heterocycles. The van der Waals surface area contributed by atoms with E-state index in [4.69, 9.17) is 4.98 Å². The van der Waals surface area contributed by atoms with Crippen molar-refractivity contribution < 1.29 is 0 Å². The molecule has 0 saturated heterocycles. The minimum Gasteiger partial charge on any atom is -0.248 e. The molecule has 0 aliphatic rings. The highest BCUT2D eigenvalue weighted by Gasteiger charge is 2.17. The summed E-state index contributed by atoms with van der Waals surface area (Å²) in [5, 5.41) is 7.36. The molecule has 0 unspecified atom stereocenters. The Morgan fingerprint density at radius 3 is 1.07 bits per heavy atom. The fourth-order valence-electron chi connectivity index (χ4n) is 8.00. The van der Waals surface area contributed by atoms with Gasteiger partial charge in [-0.1, -0.05) is 170 Å². The van der Waals surface area contributed by atoms with Crippen LogP contribution in [0.15, 0.2) is 212 Å². The largest absolute Gasteiger partial charge is 0.248 e. The number of benzene rings is 9. The summed E-state index contributed by atoms with van der Waals surface area (Å²) in [6.45, 7) is 0. The lowest BCUT2D eigenvalue weighted by atomic mass is 9.88. The quantitative estimate of drug-likeness (QED) is 0.159. The molecule has 0 fully saturated rings. The van der Waals surface area contributed by atoms with Crippen LogP contribution < -0.4 is 0 Å². The number of hydrogen-bond donors (Lipinski definition) is 0. The van der Waals surface area contributed by atoms with Crippen LogP contribution in [0.3, 0.4) is 0 Å². The number of pyridine rings is 1. The van der Waals surface area contributed by atoms with Crippen LogP contribution >= 0.6 is 0 Å². The molecule has 252 valence electrons. The Balaban J connectivity index is 1.26. The van der Waals surface area contributed by atoms with Crippen LogP contribution in [0.1, 0.15) is 0 Å². The van der Waals surface area contributed by atoms with E-state index in [1.54, 1.807) is 0 Å². The maximum absolute atomic E-state index is 5.46. The summed E-state index contributed by atoms with van der Waals surface area (Å²) < 4.78 is 0. The summed E-state index contributed by atoms with van der Waals surface area (Å²) in [6, 6.07) is 76.6. The van der Waals surface area contributed by atoms with Gasteiger partial charge in [0.1, 0.15) is 0 Å². The van der Waals surface area contributed by atoms with Gasteiger partial charge in [-0.2, -0.15) is 0 Å². The maximum atomic E-state index is 5.46. The van der Waals surface area contributed by atoms with Gasteiger partial charge in [0.25, 0.3) is 0 Å². The van der Waals surface area contributed by atoms with Gasteiger partial charge in [-0.3, -0.25) is 0 Å². The predicted octanol–water partition coefficient (Wildman–Crippen LogP) is 14.5. The average molecular weight is 686 g/mol. The second-order valence-corrected chi connectivity index (χ2v) is 13.9. The smallest absolute Gasteiger partial charge is 0.0722 e. The van der Waals surface area contributed by atoms with Gasteiger partial charge in [0, 0.05) is 11.1 Å². The standard InChI is InChI=1S/C53H35N/c1-5-17-36(18-6-1)40-29-41(37-19-7-2-8-20-37)31-42(30-40)43-32-52(39-23-11-4-12-24-39)54-53(33-43)51-35-50-45-26-14-13-25-44(45)48(38-21-9-3-10-22-38)34-49(50)46-27-15-16-28-47(46)51/h1-35H. The summed E-state index contributed by atoms with van der Waals surface area (Å²) in [5.41, 5.74) is 13.6. The lowest BCUT2D eigenvalue weighted by Crippen LogP contribution is -1.94. The molecule has 1 heterocycles. The van der Waals surface area contributed by atoms with Crippen molar-refractivity contribution in [1.82, 2.24) is 4.98 Å². The van der Waals surface area contributed by atoms with Gasteiger partial charge in [0.2, 0.25) is 0 Å². The summed E-state index contributed by atoms with van der Waals surface area (Å²) in [4.78, 5) is 5.46. The van der Waals surface area contributed by atoms with Crippen molar-refractivity contribution >= 4 is 32.3 Å². The van der Waals surface area contributed by atoms with Gasteiger partial charge < -0.3 is 0 Å². The first-order valence-corrected chi connectivity index (χ1v) is 18.5. The van der Waals surface area contributed by atoms with E-state index >= 15 is 0 Å². The molecule has 0 N–H and O–H groups in total. The molecule has 10 rings (SSSR count). The number of nitrogens with zero attached hydrogens (tertiary/aromatic N) is 1. The highest BCUT2D eigenvalue weighted by Crippen LogP contribution is 2.43. The summed E-state index contributed by atoms with van der Waals surface area (Å²) in [6.07, 6.45) is 0. The molecule has 0 amide bonds. The minimum atomic E-state index is 0.947. The zero-order valence-electron chi connectivity index (χ0n) is 29.7. The van der Waals surface area contributed by atoms with E-state index in [2.05, 4.69) is 212 Å². The molecule has 0 radical (unpaired) electrons. The van der Waals surface area contributed by atoms with Crippen LogP contribution in [-0.2, 0) is 0 Å². The molecule has 9 aromatic carbocycles. The topological polar surface area (TPSA) is 12.9 Å². The second-order valence-electron chi connectivity index (χ2n) is 13.9. The third kappa shape index (κ3) is 5.73. The third-order valence-corrected chi connectivity index (χ3v) is 10.6. The molecular weight excluding hydrogens is 651 g/mol. The summed E-state index contributed by atoms with van der Waals surface area (Å²) >= 11 is 0. The fourth-order valence-corrected chi connectivity index (χ4v) is 8.00. The normalized spacial score (nSPS) is 11.3. The lowest BCUT2D eigenvalue weighted by Gasteiger charge is -2.17. The van der Waals surface area contributed by atoms with Crippen LogP contribution in [0, 0.1) is 0 Å². The van der Waals surface area contributed by atoms with Crippen molar-refractivity contribution in [3.8, 4) is 67.0 Å². The average Bonchev–Trinajstić information content (AvgIpc) is 3.26. The highest BCUT2D eigenvalue weighted by atomic mass is 14.7. The Morgan fingerprint density at radius 2 is 0.556 bits per heavy atom. The van der Waals surface area contributed by atoms with Gasteiger partial charge >= 0.3 is 0 Å². The molecule has 1 aromatic heterocycles. The minimum absolute atomic E-state index is 0.947. The lowest BCUT2D eigenvalue weighted by molar-refractivity contribution is 1.33. The van der Waals surface area contributed by atoms with Crippen LogP contribution in [0.4, 0.5) is 0 Å². The Labute approximate surface area is 315 Å². The van der Waals surface area contributed by atoms with E-state index in [1.165, 1.54) is 65.7 Å². The monoisotopic (exact) mass is 685 g/mol. The van der Waals surface area contributed by atoms with E-state index in [-0.39, 0.29) is 0 Å². The molecular formula is C53H35N. The fraction of sp³-hybridized carbons (Fsp3) is 0. The highest BCUT2D eigenvalue weighted by molar-refractivity contribution is 6.23. The van der Waals surface area contributed by atoms with Crippen LogP contribution in [0.2, 0.25) is 0 Å². The molecule has 10 aromatic rings. The molecule has 54 heavy (non-hydrogen) atoms. The maximum Gasteiger partial charge on any atom is 0.0722 e. The number of hydrogen-bond acceptors (Lipinski definition) is 1. The molecule has 0 saturated carbocycles. The number of aromatic nitrogens is 1. The molecule has 0 bridgehead atoms. The number of rotatable bonds is 6. The van der Waals surface area contributed by atoms with Crippen molar-refractivity contribution in [2.75, 3.05) is 0 Å². The Bertz CT molecular complexity index is 2890. The van der Waals surface area contributed by atoms with Gasteiger partial charge in [0.15, 0.2) is 0 Å². The molecule has 1 heteroatoms. The molecule has 0 aliphatic carbocycles. The molecule has 0 spiro atoms. The SMILES string of the molecule is c1ccc(-c2cc(-c3ccccc3)cc(-c3cc(-c4ccccc4)nc(-c4cc5c6ccccc6c(-c6ccccc6)cc5c5ccccc45)c3)c2)cc1. The predicted molar refractivity (Wildman–Crippen MR) is 229 cm³/mol. The second kappa shape index (κ2) is 13.5. The summed E-state index contributed by atoms with van der Waals surface area (Å²) in [5.74, 6) is 0. The van der Waals surface area contributed by atoms with E-state index < -0.39 is 0 Å². The van der Waals surface area contributed by atoms with Crippen LogP contribution in [-0.4, -0.2) is 4.98 Å². The van der Waals surface area contributed by atoms with Gasteiger partial charge in [-0.15, -0.1) is 0 Å². The Kier molecular flexibility index (Phi) is 7.89. The van der Waals surface area contributed by atoms with Gasteiger partial charge in [-0.05, 0) is 119 Å². The number of fused-ring (bicyclic) bond motifs is 5. The Hall–Kier alpha value is -7.09. The first kappa shape index (κ1) is 31.6. The third-order valence-electron chi connectivity index (χ3n) is 10.6. The van der Waals surface area contributed by atoms with E-state index in [1.807, 2.05) is 0 Å². The van der Waals surface area contributed by atoms with E-state index in [9.17, 15) is 0 Å². The van der Waals surface area contributed by atoms with Crippen molar-refractivity contribution in [3.05, 3.63) is 212 Å². The Morgan fingerprint density at radius 1 is 0.204 bits per heavy atom. The van der Waals surface area contributed by atoms with E-state index in [0.717, 1.165) is 33.6 Å². The zero-order valence-corrected chi connectivity index (χ0v) is 29.7. The van der Waals surface area contributed by atoms with Gasteiger partial charge in [0.05, 0.1) is 11.4 Å². The molecule has 0 atom stereocenters. The first-order valence-electron chi connectivity index (χ1n) is 18.5. The van der Waals surface area contributed by atoms with Crippen molar-refractivity contribution in [2.45, 2.75) is 0 Å².